The van der Waals surface area contributed by atoms with Crippen molar-refractivity contribution in [2.45, 2.75) is 26.3 Å². The van der Waals surface area contributed by atoms with Gasteiger partial charge in [0.2, 0.25) is 5.91 Å². The van der Waals surface area contributed by atoms with E-state index in [0.717, 1.165) is 12.1 Å². The number of rotatable bonds is 5. The van der Waals surface area contributed by atoms with E-state index in [1.807, 2.05) is 0 Å². The number of aromatic nitrogens is 1. The molecule has 94 valence electrons. The highest BCUT2D eigenvalue weighted by Crippen LogP contribution is 2.05. The van der Waals surface area contributed by atoms with Crippen molar-refractivity contribution in [1.29, 1.82) is 0 Å². The predicted molar refractivity (Wildman–Crippen MR) is 67.8 cm³/mol. The number of nitrogens with zero attached hydrogens (tertiary/aromatic N) is 1. The second-order valence-electron chi connectivity index (χ2n) is 4.24. The summed E-state index contributed by atoms with van der Waals surface area (Å²) in [6.07, 6.45) is 4.12. The zero-order valence-electron chi connectivity index (χ0n) is 10.3. The lowest BCUT2D eigenvalue weighted by Gasteiger charge is -2.03. The summed E-state index contributed by atoms with van der Waals surface area (Å²) in [6, 6.07) is 8.23. The fourth-order valence-electron chi connectivity index (χ4n) is 1.61. The van der Waals surface area contributed by atoms with Crippen molar-refractivity contribution in [1.82, 2.24) is 10.3 Å². The Morgan fingerprint density at radius 1 is 1.33 bits per heavy atom. The first-order valence-electron chi connectivity index (χ1n) is 5.93. The van der Waals surface area contributed by atoms with E-state index in [0.29, 0.717) is 13.0 Å². The lowest BCUT2D eigenvalue weighted by atomic mass is 10.1. The van der Waals surface area contributed by atoms with Gasteiger partial charge in [-0.25, -0.2) is 4.98 Å². The van der Waals surface area contributed by atoms with Gasteiger partial charge in [0.05, 0.1) is 12.2 Å². The lowest BCUT2D eigenvalue weighted by Crippen LogP contribution is -2.23. The van der Waals surface area contributed by atoms with Crippen LogP contribution in [0.1, 0.15) is 23.2 Å². The van der Waals surface area contributed by atoms with E-state index in [9.17, 15) is 4.79 Å². The summed E-state index contributed by atoms with van der Waals surface area (Å²) >= 11 is 0. The Balaban J connectivity index is 1.73. The molecule has 1 amide bonds. The molecule has 0 fully saturated rings. The molecule has 1 aromatic carbocycles. The van der Waals surface area contributed by atoms with Crippen molar-refractivity contribution in [2.75, 3.05) is 0 Å². The fourth-order valence-corrected chi connectivity index (χ4v) is 1.61. The smallest absolute Gasteiger partial charge is 0.220 e. The summed E-state index contributed by atoms with van der Waals surface area (Å²) in [4.78, 5) is 15.5. The minimum absolute atomic E-state index is 0.0265. The molecule has 0 spiro atoms. The Bertz CT molecular complexity index is 489. The number of hydrogen-bond acceptors (Lipinski definition) is 3. The molecule has 0 aliphatic rings. The van der Waals surface area contributed by atoms with Crippen LogP contribution in [0.25, 0.3) is 0 Å². The van der Waals surface area contributed by atoms with Gasteiger partial charge in [-0.2, -0.15) is 0 Å². The van der Waals surface area contributed by atoms with Gasteiger partial charge >= 0.3 is 0 Å². The molecule has 0 aliphatic heterocycles. The van der Waals surface area contributed by atoms with Crippen LogP contribution in [0.4, 0.5) is 0 Å². The van der Waals surface area contributed by atoms with E-state index in [4.69, 9.17) is 4.42 Å². The Kier molecular flexibility index (Phi) is 4.12. The normalized spacial score (nSPS) is 10.3. The lowest BCUT2D eigenvalue weighted by molar-refractivity contribution is -0.121. The van der Waals surface area contributed by atoms with Crippen LogP contribution in [0.2, 0.25) is 0 Å². The molecule has 0 radical (unpaired) electrons. The molecule has 0 bridgehead atoms. The van der Waals surface area contributed by atoms with Crippen LogP contribution in [0.15, 0.2) is 41.3 Å². The molecule has 2 aromatic rings. The molecule has 4 heteroatoms. The predicted octanol–water partition coefficient (Wildman–Crippen LogP) is 2.23. The van der Waals surface area contributed by atoms with E-state index in [-0.39, 0.29) is 5.91 Å². The third-order valence-electron chi connectivity index (χ3n) is 2.71. The SMILES string of the molecule is Cc1ccc(CCC(=O)NCc2cocn2)cc1. The minimum Gasteiger partial charge on any atom is -0.451 e. The molecular weight excluding hydrogens is 228 g/mol. The van der Waals surface area contributed by atoms with Crippen LogP contribution in [0.3, 0.4) is 0 Å². The third-order valence-corrected chi connectivity index (χ3v) is 2.71. The van der Waals surface area contributed by atoms with Crippen molar-refractivity contribution in [3.63, 3.8) is 0 Å². The van der Waals surface area contributed by atoms with Gasteiger partial charge in [0.25, 0.3) is 0 Å². The molecular formula is C14H16N2O2. The van der Waals surface area contributed by atoms with Crippen molar-refractivity contribution >= 4 is 5.91 Å². The Morgan fingerprint density at radius 3 is 2.78 bits per heavy atom. The summed E-state index contributed by atoms with van der Waals surface area (Å²) < 4.78 is 4.82. The first-order chi connectivity index (χ1) is 8.74. The van der Waals surface area contributed by atoms with Gasteiger partial charge in [-0.05, 0) is 18.9 Å². The highest BCUT2D eigenvalue weighted by Gasteiger charge is 2.03. The molecule has 0 aliphatic carbocycles. The minimum atomic E-state index is 0.0265. The van der Waals surface area contributed by atoms with Crippen molar-refractivity contribution < 1.29 is 9.21 Å². The van der Waals surface area contributed by atoms with Crippen LogP contribution < -0.4 is 5.32 Å². The molecule has 0 atom stereocenters. The fraction of sp³-hybridized carbons (Fsp3) is 0.286. The quantitative estimate of drug-likeness (QED) is 0.877. The van der Waals surface area contributed by atoms with Crippen molar-refractivity contribution in [3.05, 3.63) is 53.7 Å². The van der Waals surface area contributed by atoms with E-state index in [2.05, 4.69) is 41.5 Å². The van der Waals surface area contributed by atoms with Gasteiger partial charge in [-0.1, -0.05) is 29.8 Å². The second-order valence-corrected chi connectivity index (χ2v) is 4.24. The summed E-state index contributed by atoms with van der Waals surface area (Å²) in [6.45, 7) is 2.47. The van der Waals surface area contributed by atoms with Gasteiger partial charge in [0, 0.05) is 6.42 Å². The number of amides is 1. The number of carbonyl (C=O) groups excluding carboxylic acids is 1. The molecule has 1 N–H and O–H groups in total. The average molecular weight is 244 g/mol. The van der Waals surface area contributed by atoms with Gasteiger partial charge in [0.15, 0.2) is 6.39 Å². The molecule has 0 saturated carbocycles. The van der Waals surface area contributed by atoms with Crippen LogP contribution in [-0.4, -0.2) is 10.9 Å². The standard InChI is InChI=1S/C14H16N2O2/c1-11-2-4-12(5-3-11)6-7-14(17)15-8-13-9-18-10-16-13/h2-5,9-10H,6-8H2,1H3,(H,15,17). The summed E-state index contributed by atoms with van der Waals surface area (Å²) in [5.74, 6) is 0.0265. The monoisotopic (exact) mass is 244 g/mol. The number of hydrogen-bond donors (Lipinski definition) is 1. The maximum absolute atomic E-state index is 11.6. The van der Waals surface area contributed by atoms with E-state index in [1.165, 1.54) is 23.8 Å². The number of nitrogens with one attached hydrogen (secondary N) is 1. The number of benzene rings is 1. The number of aryl methyl sites for hydroxylation is 2. The van der Waals surface area contributed by atoms with Gasteiger partial charge in [-0.3, -0.25) is 4.79 Å². The Labute approximate surface area is 106 Å². The van der Waals surface area contributed by atoms with Crippen LogP contribution >= 0.6 is 0 Å². The maximum Gasteiger partial charge on any atom is 0.220 e. The Hall–Kier alpha value is -2.10. The maximum atomic E-state index is 11.6. The molecule has 1 aromatic heterocycles. The zero-order valence-corrected chi connectivity index (χ0v) is 10.3. The average Bonchev–Trinajstić information content (AvgIpc) is 2.89. The van der Waals surface area contributed by atoms with Gasteiger partial charge < -0.3 is 9.73 Å². The first kappa shape index (κ1) is 12.4. The van der Waals surface area contributed by atoms with E-state index in [1.54, 1.807) is 0 Å². The first-order valence-corrected chi connectivity index (χ1v) is 5.93. The third kappa shape index (κ3) is 3.73. The van der Waals surface area contributed by atoms with Crippen LogP contribution in [-0.2, 0) is 17.8 Å². The number of oxazole rings is 1. The highest BCUT2D eigenvalue weighted by atomic mass is 16.3. The van der Waals surface area contributed by atoms with E-state index >= 15 is 0 Å². The highest BCUT2D eigenvalue weighted by molar-refractivity contribution is 5.76. The number of carbonyl (C=O) groups is 1. The molecule has 2 rings (SSSR count). The van der Waals surface area contributed by atoms with Crippen molar-refractivity contribution in [3.8, 4) is 0 Å². The largest absolute Gasteiger partial charge is 0.451 e. The van der Waals surface area contributed by atoms with Crippen LogP contribution in [0, 0.1) is 6.92 Å². The van der Waals surface area contributed by atoms with Crippen molar-refractivity contribution in [2.24, 2.45) is 0 Å². The van der Waals surface area contributed by atoms with Gasteiger partial charge in [-0.15, -0.1) is 0 Å². The second kappa shape index (κ2) is 6.00. The van der Waals surface area contributed by atoms with Crippen LogP contribution in [0.5, 0.6) is 0 Å². The molecule has 4 nitrogen and oxygen atoms in total. The topological polar surface area (TPSA) is 55.1 Å². The molecule has 0 saturated heterocycles. The zero-order chi connectivity index (χ0) is 12.8. The Morgan fingerprint density at radius 2 is 2.11 bits per heavy atom. The summed E-state index contributed by atoms with van der Waals surface area (Å²) in [5, 5.41) is 2.81. The molecule has 1 heterocycles. The summed E-state index contributed by atoms with van der Waals surface area (Å²) in [7, 11) is 0. The summed E-state index contributed by atoms with van der Waals surface area (Å²) in [5.41, 5.74) is 3.14. The molecule has 0 unspecified atom stereocenters. The van der Waals surface area contributed by atoms with Gasteiger partial charge in [0.1, 0.15) is 6.26 Å². The molecule has 18 heavy (non-hydrogen) atoms. The van der Waals surface area contributed by atoms with E-state index < -0.39 is 0 Å².